The second kappa shape index (κ2) is 6.76. The van der Waals surface area contributed by atoms with Crippen LogP contribution in [0.1, 0.15) is 23.0 Å². The third-order valence-corrected chi connectivity index (χ3v) is 3.44. The van der Waals surface area contributed by atoms with E-state index in [9.17, 15) is 13.6 Å². The van der Waals surface area contributed by atoms with Crippen molar-refractivity contribution in [3.63, 3.8) is 0 Å². The van der Waals surface area contributed by atoms with Gasteiger partial charge in [0.15, 0.2) is 11.6 Å². The summed E-state index contributed by atoms with van der Waals surface area (Å²) in [4.78, 5) is 17.9. The average molecular weight is 355 g/mol. The fourth-order valence-corrected chi connectivity index (χ4v) is 2.08. The largest absolute Gasteiger partial charge is 0.333 e. The molecule has 0 unspecified atom stereocenters. The lowest BCUT2D eigenvalue weighted by molar-refractivity contribution is 0.0746. The molecule has 0 aliphatic heterocycles. The summed E-state index contributed by atoms with van der Waals surface area (Å²) in [5.41, 5.74) is 0.837. The maximum atomic E-state index is 13.2. The summed E-state index contributed by atoms with van der Waals surface area (Å²) in [6.45, 7) is 2.45. The van der Waals surface area contributed by atoms with E-state index < -0.39 is 11.6 Å². The summed E-state index contributed by atoms with van der Waals surface area (Å²) in [6, 6.07) is 6.95. The van der Waals surface area contributed by atoms with E-state index in [0.717, 1.165) is 16.6 Å². The van der Waals surface area contributed by atoms with Gasteiger partial charge in [-0.2, -0.15) is 0 Å². The van der Waals surface area contributed by atoms with E-state index in [4.69, 9.17) is 0 Å². The Morgan fingerprint density at radius 2 is 2.00 bits per heavy atom. The highest BCUT2D eigenvalue weighted by Gasteiger charge is 2.16. The van der Waals surface area contributed by atoms with Crippen LogP contribution in [0.4, 0.5) is 8.78 Å². The lowest BCUT2D eigenvalue weighted by Gasteiger charge is -2.20. The molecule has 110 valence electrons. The van der Waals surface area contributed by atoms with E-state index in [2.05, 4.69) is 20.9 Å². The highest BCUT2D eigenvalue weighted by Crippen LogP contribution is 2.14. The molecule has 0 N–H and O–H groups in total. The van der Waals surface area contributed by atoms with Crippen molar-refractivity contribution in [1.29, 1.82) is 0 Å². The van der Waals surface area contributed by atoms with Crippen LogP contribution in [0.25, 0.3) is 0 Å². The van der Waals surface area contributed by atoms with Gasteiger partial charge in [0.25, 0.3) is 5.91 Å². The van der Waals surface area contributed by atoms with Gasteiger partial charge >= 0.3 is 0 Å². The zero-order valence-electron chi connectivity index (χ0n) is 11.3. The quantitative estimate of drug-likeness (QED) is 0.836. The van der Waals surface area contributed by atoms with Gasteiger partial charge in [-0.25, -0.2) is 13.8 Å². The Balaban J connectivity index is 2.17. The minimum absolute atomic E-state index is 0.199. The van der Waals surface area contributed by atoms with E-state index in [1.54, 1.807) is 18.3 Å². The molecule has 1 aromatic heterocycles. The SMILES string of the molecule is CCN(Cc1ccc(F)c(F)c1)C(=O)c1ccc(Br)cn1. The molecule has 1 aromatic carbocycles. The number of benzene rings is 1. The van der Waals surface area contributed by atoms with Gasteiger partial charge in [-0.15, -0.1) is 0 Å². The van der Waals surface area contributed by atoms with Crippen molar-refractivity contribution < 1.29 is 13.6 Å². The Morgan fingerprint density at radius 3 is 2.57 bits per heavy atom. The monoisotopic (exact) mass is 354 g/mol. The number of hydrogen-bond acceptors (Lipinski definition) is 2. The van der Waals surface area contributed by atoms with Crippen LogP contribution in [0, 0.1) is 11.6 Å². The molecule has 0 atom stereocenters. The van der Waals surface area contributed by atoms with Gasteiger partial charge in [0, 0.05) is 23.8 Å². The number of pyridine rings is 1. The highest BCUT2D eigenvalue weighted by atomic mass is 79.9. The fraction of sp³-hybridized carbons (Fsp3) is 0.200. The molecule has 0 bridgehead atoms. The van der Waals surface area contributed by atoms with E-state index >= 15 is 0 Å². The topological polar surface area (TPSA) is 33.2 Å². The summed E-state index contributed by atoms with van der Waals surface area (Å²) >= 11 is 3.25. The first-order valence-corrected chi connectivity index (χ1v) is 7.15. The van der Waals surface area contributed by atoms with Crippen LogP contribution in [0.15, 0.2) is 41.0 Å². The van der Waals surface area contributed by atoms with Crippen LogP contribution in [0.5, 0.6) is 0 Å². The van der Waals surface area contributed by atoms with Gasteiger partial charge in [0.05, 0.1) is 0 Å². The number of rotatable bonds is 4. The van der Waals surface area contributed by atoms with Crippen LogP contribution in [-0.4, -0.2) is 22.3 Å². The van der Waals surface area contributed by atoms with E-state index in [0.29, 0.717) is 17.8 Å². The van der Waals surface area contributed by atoms with E-state index in [1.807, 2.05) is 6.92 Å². The Morgan fingerprint density at radius 1 is 1.24 bits per heavy atom. The Kier molecular flexibility index (Phi) is 5.01. The molecule has 0 saturated carbocycles. The number of amides is 1. The molecule has 0 fully saturated rings. The molecular formula is C15H13BrF2N2O. The molecule has 1 heterocycles. The lowest BCUT2D eigenvalue weighted by atomic mass is 10.2. The number of carbonyl (C=O) groups is 1. The van der Waals surface area contributed by atoms with Gasteiger partial charge in [0.1, 0.15) is 5.69 Å². The van der Waals surface area contributed by atoms with Crippen molar-refractivity contribution in [3.05, 3.63) is 63.9 Å². The molecule has 6 heteroatoms. The molecule has 0 aliphatic carbocycles. The number of hydrogen-bond donors (Lipinski definition) is 0. The van der Waals surface area contributed by atoms with Gasteiger partial charge in [-0.3, -0.25) is 4.79 Å². The van der Waals surface area contributed by atoms with Gasteiger partial charge < -0.3 is 4.90 Å². The second-order valence-corrected chi connectivity index (χ2v) is 5.35. The van der Waals surface area contributed by atoms with Crippen LogP contribution < -0.4 is 0 Å². The Bertz CT molecular complexity index is 647. The lowest BCUT2D eigenvalue weighted by Crippen LogP contribution is -2.31. The third-order valence-electron chi connectivity index (χ3n) is 2.97. The maximum absolute atomic E-state index is 13.2. The summed E-state index contributed by atoms with van der Waals surface area (Å²) in [7, 11) is 0. The van der Waals surface area contributed by atoms with Crippen molar-refractivity contribution >= 4 is 21.8 Å². The smallest absolute Gasteiger partial charge is 0.272 e. The van der Waals surface area contributed by atoms with Crippen molar-refractivity contribution in [2.24, 2.45) is 0 Å². The van der Waals surface area contributed by atoms with Crippen LogP contribution in [0.3, 0.4) is 0 Å². The standard InChI is InChI=1S/C15H13BrF2N2O/c1-2-20(9-10-3-5-12(17)13(18)7-10)15(21)14-6-4-11(16)8-19-14/h3-8H,2,9H2,1H3. The fourth-order valence-electron chi connectivity index (χ4n) is 1.85. The molecule has 0 aliphatic rings. The number of nitrogens with zero attached hydrogens (tertiary/aromatic N) is 2. The zero-order valence-corrected chi connectivity index (χ0v) is 12.9. The van der Waals surface area contributed by atoms with E-state index in [-0.39, 0.29) is 12.5 Å². The van der Waals surface area contributed by atoms with E-state index in [1.165, 1.54) is 11.0 Å². The first-order valence-electron chi connectivity index (χ1n) is 6.36. The van der Waals surface area contributed by atoms with Gasteiger partial charge in [0.2, 0.25) is 0 Å². The molecule has 0 saturated heterocycles. The molecule has 2 rings (SSSR count). The average Bonchev–Trinajstić information content (AvgIpc) is 2.48. The van der Waals surface area contributed by atoms with Crippen LogP contribution in [-0.2, 0) is 6.54 Å². The summed E-state index contributed by atoms with van der Waals surface area (Å²) < 4.78 is 26.9. The molecule has 1 amide bonds. The first kappa shape index (κ1) is 15.6. The summed E-state index contributed by atoms with van der Waals surface area (Å²) in [6.07, 6.45) is 1.54. The minimum atomic E-state index is -0.919. The first-order chi connectivity index (χ1) is 10.0. The summed E-state index contributed by atoms with van der Waals surface area (Å²) in [5, 5.41) is 0. The van der Waals surface area contributed by atoms with Crippen molar-refractivity contribution in [2.45, 2.75) is 13.5 Å². The van der Waals surface area contributed by atoms with Gasteiger partial charge in [-0.05, 0) is 52.7 Å². The predicted octanol–water partition coefficient (Wildman–Crippen LogP) is 3.78. The van der Waals surface area contributed by atoms with Crippen LogP contribution in [0.2, 0.25) is 0 Å². The molecule has 21 heavy (non-hydrogen) atoms. The van der Waals surface area contributed by atoms with Crippen molar-refractivity contribution in [3.8, 4) is 0 Å². The molecule has 0 radical (unpaired) electrons. The molecule has 3 nitrogen and oxygen atoms in total. The highest BCUT2D eigenvalue weighted by molar-refractivity contribution is 9.10. The van der Waals surface area contributed by atoms with Crippen LogP contribution >= 0.6 is 15.9 Å². The predicted molar refractivity (Wildman–Crippen MR) is 78.7 cm³/mol. The van der Waals surface area contributed by atoms with Gasteiger partial charge in [-0.1, -0.05) is 6.07 Å². The number of carbonyl (C=O) groups excluding carboxylic acids is 1. The number of aromatic nitrogens is 1. The normalized spacial score (nSPS) is 10.5. The van der Waals surface area contributed by atoms with Crippen molar-refractivity contribution in [1.82, 2.24) is 9.88 Å². The third kappa shape index (κ3) is 3.85. The van der Waals surface area contributed by atoms with Crippen molar-refractivity contribution in [2.75, 3.05) is 6.54 Å². The molecular weight excluding hydrogens is 342 g/mol. The second-order valence-electron chi connectivity index (χ2n) is 4.43. The molecule has 2 aromatic rings. The summed E-state index contributed by atoms with van der Waals surface area (Å²) in [5.74, 6) is -2.07. The Hall–Kier alpha value is -1.82. The number of halogens is 3. The maximum Gasteiger partial charge on any atom is 0.272 e. The minimum Gasteiger partial charge on any atom is -0.333 e. The molecule has 0 spiro atoms. The zero-order chi connectivity index (χ0) is 15.4. The Labute approximate surface area is 129 Å².